The minimum Gasteiger partial charge on any atom is -0.0988 e. The van der Waals surface area contributed by atoms with Crippen LogP contribution in [0, 0.1) is 13.8 Å². The van der Waals surface area contributed by atoms with Gasteiger partial charge in [0.15, 0.2) is 0 Å². The number of benzene rings is 8. The Morgan fingerprint density at radius 2 is 1.16 bits per heavy atom. The summed E-state index contributed by atoms with van der Waals surface area (Å²) in [5.74, 6) is 1.13. The monoisotopic (exact) mass is 1040 g/mol. The van der Waals surface area contributed by atoms with Gasteiger partial charge in [-0.1, -0.05) is 286 Å². The Kier molecular flexibility index (Phi) is 18.0. The average molecular weight is 1040 g/mol. The van der Waals surface area contributed by atoms with Crippen molar-refractivity contribution in [2.75, 3.05) is 0 Å². The maximum Gasteiger partial charge on any atom is 0.0713 e. The summed E-state index contributed by atoms with van der Waals surface area (Å²) in [6, 6.07) is 71.7. The molecule has 0 aromatic heterocycles. The Morgan fingerprint density at radius 3 is 1.73 bits per heavy atom. The molecule has 0 spiro atoms. The minimum atomic E-state index is -0.524. The first-order chi connectivity index (χ1) is 39.0. The largest absolute Gasteiger partial charge is 0.0988 e. The van der Waals surface area contributed by atoms with E-state index < -0.39 is 5.41 Å². The van der Waals surface area contributed by atoms with Crippen LogP contribution < -0.4 is 0 Å². The summed E-state index contributed by atoms with van der Waals surface area (Å²) in [6.07, 6.45) is 13.9. The highest BCUT2D eigenvalue weighted by Gasteiger charge is 2.48. The van der Waals surface area contributed by atoms with E-state index >= 15 is 0 Å². The van der Waals surface area contributed by atoms with E-state index in [2.05, 4.69) is 288 Å². The van der Waals surface area contributed by atoms with Gasteiger partial charge in [-0.2, -0.15) is 0 Å². The van der Waals surface area contributed by atoms with Gasteiger partial charge in [0, 0.05) is 17.8 Å². The predicted octanol–water partition coefficient (Wildman–Crippen LogP) is 22.3. The summed E-state index contributed by atoms with van der Waals surface area (Å²) in [5, 5.41) is 0. The molecule has 2 aliphatic carbocycles. The molecule has 0 nitrogen and oxygen atoms in total. The third-order valence-electron chi connectivity index (χ3n) is 17.6. The molecule has 0 radical (unpaired) electrons. The number of hydrogen-bond donors (Lipinski definition) is 0. The average Bonchev–Trinajstić information content (AvgIpc) is 2.45. The zero-order chi connectivity index (χ0) is 56.5. The van der Waals surface area contributed by atoms with Crippen molar-refractivity contribution in [2.24, 2.45) is 0 Å². The Labute approximate surface area is 481 Å². The standard InChI is InChI=1S/C56H56.C24H26/c1-9-24-49(41(8)48-33-23-22-26-38(48)5)50(25-10-2)54(42-27-16-13-17-28-42)40(7)43-34-35-51-52(37-43)56(44-29-18-14-19-30-44,45-31-20-15-21-32-45)53-36-39(6)46(11-3)47(12-4)55(51)53;1-5-19(18-13-9-8-10-14-18)20(6-2)24-17(4)22-15-11-12-16-23(22)21(24)7-3/h11-23,25-37,40,54H,3-4,9-10,24H2,1-2,5-8H3;6,8-16,19,21H,2,4-5,7H2,1,3H3/b49-41+,50-25+;24-20-. The molecule has 0 fully saturated rings. The third kappa shape index (κ3) is 10.4. The summed E-state index contributed by atoms with van der Waals surface area (Å²) in [6.45, 7) is 35.7. The summed E-state index contributed by atoms with van der Waals surface area (Å²) in [7, 11) is 0. The van der Waals surface area contributed by atoms with Gasteiger partial charge in [0.25, 0.3) is 0 Å². The first-order valence-corrected chi connectivity index (χ1v) is 29.4. The summed E-state index contributed by atoms with van der Waals surface area (Å²) < 4.78 is 0. The van der Waals surface area contributed by atoms with E-state index in [1.54, 1.807) is 0 Å². The number of hydrogen-bond acceptors (Lipinski definition) is 0. The van der Waals surface area contributed by atoms with Gasteiger partial charge in [0.1, 0.15) is 0 Å². The highest BCUT2D eigenvalue weighted by molar-refractivity contribution is 5.94. The molecule has 0 aliphatic heterocycles. The molecule has 8 aromatic carbocycles. The number of rotatable bonds is 18. The van der Waals surface area contributed by atoms with Crippen LogP contribution in [0.1, 0.15) is 175 Å². The molecule has 0 heteroatoms. The van der Waals surface area contributed by atoms with E-state index in [0.717, 1.165) is 43.2 Å². The van der Waals surface area contributed by atoms with Crippen LogP contribution in [-0.2, 0) is 5.41 Å². The van der Waals surface area contributed by atoms with Crippen molar-refractivity contribution in [1.82, 2.24) is 0 Å². The van der Waals surface area contributed by atoms with Gasteiger partial charge in [-0.15, -0.1) is 0 Å². The molecule has 0 N–H and O–H groups in total. The van der Waals surface area contributed by atoms with Gasteiger partial charge >= 0.3 is 0 Å². The van der Waals surface area contributed by atoms with Crippen LogP contribution in [0.25, 0.3) is 34.4 Å². The van der Waals surface area contributed by atoms with Crippen molar-refractivity contribution in [3.8, 4) is 11.1 Å². The maximum absolute atomic E-state index is 4.45. The van der Waals surface area contributed by atoms with Crippen LogP contribution in [0.2, 0.25) is 0 Å². The molecule has 4 unspecified atom stereocenters. The van der Waals surface area contributed by atoms with Gasteiger partial charge in [0.2, 0.25) is 0 Å². The molecular formula is C80H82. The molecule has 0 saturated heterocycles. The fourth-order valence-corrected chi connectivity index (χ4v) is 14.0. The van der Waals surface area contributed by atoms with Crippen LogP contribution in [0.3, 0.4) is 0 Å². The smallest absolute Gasteiger partial charge is 0.0713 e. The van der Waals surface area contributed by atoms with Gasteiger partial charge in [-0.25, -0.2) is 0 Å². The lowest BCUT2D eigenvalue weighted by atomic mass is 9.66. The predicted molar refractivity (Wildman–Crippen MR) is 349 cm³/mol. The highest BCUT2D eigenvalue weighted by atomic mass is 14.5. The normalized spacial score (nSPS) is 16.2. The van der Waals surface area contributed by atoms with Crippen LogP contribution in [0.5, 0.6) is 0 Å². The van der Waals surface area contributed by atoms with E-state index in [-0.39, 0.29) is 11.8 Å². The van der Waals surface area contributed by atoms with Crippen molar-refractivity contribution >= 4 is 23.3 Å². The van der Waals surface area contributed by atoms with Crippen molar-refractivity contribution in [2.45, 2.75) is 117 Å². The van der Waals surface area contributed by atoms with E-state index in [1.165, 1.54) is 111 Å². The van der Waals surface area contributed by atoms with Gasteiger partial charge in [-0.05, 0) is 175 Å². The van der Waals surface area contributed by atoms with Crippen LogP contribution in [0.4, 0.5) is 0 Å². The molecule has 80 heavy (non-hydrogen) atoms. The number of fused-ring (bicyclic) bond motifs is 4. The summed E-state index contributed by atoms with van der Waals surface area (Å²) >= 11 is 0. The van der Waals surface area contributed by atoms with Crippen LogP contribution in [-0.4, -0.2) is 0 Å². The summed E-state index contributed by atoms with van der Waals surface area (Å²) in [4.78, 5) is 0. The van der Waals surface area contributed by atoms with E-state index in [1.807, 2.05) is 12.2 Å². The quantitative estimate of drug-likeness (QED) is 0.0752. The Bertz CT molecular complexity index is 3570. The van der Waals surface area contributed by atoms with Crippen molar-refractivity contribution in [1.29, 1.82) is 0 Å². The molecular weight excluding hydrogens is 961 g/mol. The molecule has 0 saturated carbocycles. The molecule has 8 aromatic rings. The lowest BCUT2D eigenvalue weighted by Crippen LogP contribution is -2.29. The SMILES string of the molecule is C=C/C(=C1\C(=C)c2ccccc2C1CC)C(CC)c1ccccc1.C=Cc1c(C)cc2c(c1C=C)-c1ccc(C(C)C(C(=C/CC)/C(CCC)=C(\C)c3ccccc3C)c3ccccc3)cc1C2(c1ccccc1)c1ccccc1. The lowest BCUT2D eigenvalue weighted by Gasteiger charge is -2.35. The fraction of sp³-hybridized carbons (Fsp3) is 0.225. The summed E-state index contributed by atoms with van der Waals surface area (Å²) in [5.41, 5.74) is 28.4. The maximum atomic E-state index is 4.45. The molecule has 10 rings (SSSR count). The second-order valence-electron chi connectivity index (χ2n) is 22.0. The first kappa shape index (κ1) is 56.7. The molecule has 402 valence electrons. The van der Waals surface area contributed by atoms with Crippen LogP contribution in [0.15, 0.2) is 255 Å². The first-order valence-electron chi connectivity index (χ1n) is 29.4. The number of allylic oxidation sites excluding steroid dienone is 8. The van der Waals surface area contributed by atoms with Gasteiger partial charge in [-0.3, -0.25) is 0 Å². The van der Waals surface area contributed by atoms with Gasteiger partial charge in [0.05, 0.1) is 5.41 Å². The molecule has 0 bridgehead atoms. The third-order valence-corrected chi connectivity index (χ3v) is 17.6. The Balaban J connectivity index is 0.000000268. The molecule has 4 atom stereocenters. The topological polar surface area (TPSA) is 0 Å². The van der Waals surface area contributed by atoms with Crippen LogP contribution >= 0.6 is 0 Å². The lowest BCUT2D eigenvalue weighted by molar-refractivity contribution is 0.639. The molecule has 0 amide bonds. The van der Waals surface area contributed by atoms with E-state index in [9.17, 15) is 0 Å². The zero-order valence-electron chi connectivity index (χ0n) is 49.0. The van der Waals surface area contributed by atoms with Crippen molar-refractivity contribution in [3.63, 3.8) is 0 Å². The van der Waals surface area contributed by atoms with Gasteiger partial charge < -0.3 is 0 Å². The second kappa shape index (κ2) is 25.4. The molecule has 0 heterocycles. The zero-order valence-corrected chi connectivity index (χ0v) is 49.0. The Morgan fingerprint density at radius 1 is 0.588 bits per heavy atom. The highest BCUT2D eigenvalue weighted by Crippen LogP contribution is 2.59. The fourth-order valence-electron chi connectivity index (χ4n) is 14.0. The minimum absolute atomic E-state index is 0.152. The second-order valence-corrected chi connectivity index (χ2v) is 22.0. The Hall–Kier alpha value is -8.06. The van der Waals surface area contributed by atoms with Crippen molar-refractivity contribution in [3.05, 3.63) is 333 Å². The van der Waals surface area contributed by atoms with Crippen molar-refractivity contribution < 1.29 is 0 Å². The number of aryl methyl sites for hydroxylation is 2. The van der Waals surface area contributed by atoms with E-state index in [0.29, 0.717) is 11.8 Å². The molecule has 2 aliphatic rings. The van der Waals surface area contributed by atoms with E-state index in [4.69, 9.17) is 0 Å².